The van der Waals surface area contributed by atoms with Gasteiger partial charge in [-0.15, -0.1) is 10.2 Å². The third-order valence-corrected chi connectivity index (χ3v) is 6.23. The van der Waals surface area contributed by atoms with Gasteiger partial charge in [0, 0.05) is 23.7 Å². The van der Waals surface area contributed by atoms with E-state index in [4.69, 9.17) is 0 Å². The minimum absolute atomic E-state index is 0.0700. The number of benzene rings is 1. The largest absolute Gasteiger partial charge is 0.330 e. The number of hydrogen-bond donors (Lipinski definition) is 1. The molecule has 0 bridgehead atoms. The van der Waals surface area contributed by atoms with Crippen molar-refractivity contribution in [3.8, 4) is 0 Å². The second kappa shape index (κ2) is 8.12. The van der Waals surface area contributed by atoms with Crippen molar-refractivity contribution >= 4 is 39.6 Å². The first-order chi connectivity index (χ1) is 13.6. The van der Waals surface area contributed by atoms with Gasteiger partial charge in [0.05, 0.1) is 5.69 Å². The Morgan fingerprint density at radius 1 is 1.14 bits per heavy atom. The van der Waals surface area contributed by atoms with Crippen LogP contribution in [0.25, 0.3) is 5.65 Å². The van der Waals surface area contributed by atoms with Gasteiger partial charge in [0.25, 0.3) is 5.56 Å². The molecule has 8 heteroatoms. The number of nitrogens with one attached hydrogen (secondary N) is 1. The van der Waals surface area contributed by atoms with Gasteiger partial charge in [0.1, 0.15) is 5.65 Å². The molecule has 1 aromatic carbocycles. The fourth-order valence-electron chi connectivity index (χ4n) is 2.73. The molecule has 0 amide bonds. The average Bonchev–Trinajstić information content (AvgIpc) is 3.15. The van der Waals surface area contributed by atoms with Crippen LogP contribution in [-0.2, 0) is 12.2 Å². The van der Waals surface area contributed by atoms with E-state index in [1.165, 1.54) is 28.7 Å². The summed E-state index contributed by atoms with van der Waals surface area (Å²) in [7, 11) is 0. The van der Waals surface area contributed by atoms with Crippen LogP contribution in [0.2, 0.25) is 0 Å². The summed E-state index contributed by atoms with van der Waals surface area (Å²) in [5.41, 5.74) is 4.64. The van der Waals surface area contributed by atoms with E-state index in [2.05, 4.69) is 39.6 Å². The first-order valence-electron chi connectivity index (χ1n) is 8.92. The number of aryl methyl sites for hydroxylation is 2. The lowest BCUT2D eigenvalue weighted by Crippen LogP contribution is -2.15. The zero-order chi connectivity index (χ0) is 19.5. The molecule has 0 aliphatic heterocycles. The molecule has 6 nitrogen and oxygen atoms in total. The predicted octanol–water partition coefficient (Wildman–Crippen LogP) is 4.45. The number of nitrogens with zero attached hydrogens (tertiary/aromatic N) is 4. The van der Waals surface area contributed by atoms with E-state index >= 15 is 0 Å². The van der Waals surface area contributed by atoms with Gasteiger partial charge in [-0.1, -0.05) is 48.2 Å². The van der Waals surface area contributed by atoms with E-state index < -0.39 is 0 Å². The maximum absolute atomic E-state index is 12.3. The van der Waals surface area contributed by atoms with Crippen molar-refractivity contribution in [2.45, 2.75) is 30.4 Å². The van der Waals surface area contributed by atoms with Crippen LogP contribution < -0.4 is 10.9 Å². The molecular weight excluding hydrogens is 390 g/mol. The first kappa shape index (κ1) is 18.6. The molecule has 0 fully saturated rings. The van der Waals surface area contributed by atoms with E-state index in [0.717, 1.165) is 32.8 Å². The van der Waals surface area contributed by atoms with Crippen LogP contribution in [-0.4, -0.2) is 19.6 Å². The lowest BCUT2D eigenvalue weighted by atomic mass is 10.1. The van der Waals surface area contributed by atoms with Gasteiger partial charge in [0.2, 0.25) is 5.13 Å². The summed E-state index contributed by atoms with van der Waals surface area (Å²) in [6, 6.07) is 13.7. The Bertz CT molecular complexity index is 1170. The standard InChI is InChI=1S/C20H19N5OS2/c1-3-14-5-7-15(8-6-14)22-19-23-24-20(28-19)27-12-16-10-18(26)25-11-13(2)4-9-17(25)21-16/h4-11H,3,12H2,1-2H3,(H,22,23). The third-order valence-electron chi connectivity index (χ3n) is 4.22. The summed E-state index contributed by atoms with van der Waals surface area (Å²) in [4.78, 5) is 16.9. The van der Waals surface area contributed by atoms with Crippen LogP contribution in [0.15, 0.2) is 57.8 Å². The molecular formula is C20H19N5OS2. The lowest BCUT2D eigenvalue weighted by Gasteiger charge is -2.04. The van der Waals surface area contributed by atoms with Crippen LogP contribution in [0.5, 0.6) is 0 Å². The number of fused-ring (bicyclic) bond motifs is 1. The van der Waals surface area contributed by atoms with Gasteiger partial charge in [-0.2, -0.15) is 0 Å². The molecule has 0 aliphatic rings. The molecule has 0 atom stereocenters. The molecule has 28 heavy (non-hydrogen) atoms. The Labute approximate surface area is 170 Å². The van der Waals surface area contributed by atoms with E-state index in [0.29, 0.717) is 11.4 Å². The van der Waals surface area contributed by atoms with Gasteiger partial charge in [-0.3, -0.25) is 9.20 Å². The Kier molecular flexibility index (Phi) is 5.40. The second-order valence-corrected chi connectivity index (χ2v) is 8.56. The van der Waals surface area contributed by atoms with Crippen molar-refractivity contribution < 1.29 is 0 Å². The number of thioether (sulfide) groups is 1. The first-order valence-corrected chi connectivity index (χ1v) is 10.7. The number of pyridine rings is 1. The van der Waals surface area contributed by atoms with E-state index in [1.807, 2.05) is 31.2 Å². The highest BCUT2D eigenvalue weighted by atomic mass is 32.2. The maximum atomic E-state index is 12.3. The number of aromatic nitrogens is 4. The highest BCUT2D eigenvalue weighted by molar-refractivity contribution is 8.00. The smallest absolute Gasteiger partial charge is 0.258 e. The minimum atomic E-state index is -0.0700. The number of hydrogen-bond acceptors (Lipinski definition) is 7. The molecule has 1 N–H and O–H groups in total. The minimum Gasteiger partial charge on any atom is -0.330 e. The van der Waals surface area contributed by atoms with Crippen molar-refractivity contribution in [2.75, 3.05) is 5.32 Å². The Morgan fingerprint density at radius 3 is 2.75 bits per heavy atom. The van der Waals surface area contributed by atoms with Crippen molar-refractivity contribution in [2.24, 2.45) is 0 Å². The van der Waals surface area contributed by atoms with E-state index in [-0.39, 0.29) is 5.56 Å². The zero-order valence-corrected chi connectivity index (χ0v) is 17.2. The number of anilines is 2. The van der Waals surface area contributed by atoms with Crippen LogP contribution >= 0.6 is 23.1 Å². The van der Waals surface area contributed by atoms with E-state index in [9.17, 15) is 4.79 Å². The molecule has 4 aromatic rings. The van der Waals surface area contributed by atoms with Gasteiger partial charge < -0.3 is 5.32 Å². The van der Waals surface area contributed by atoms with Gasteiger partial charge in [-0.05, 0) is 42.7 Å². The summed E-state index contributed by atoms with van der Waals surface area (Å²) in [6.45, 7) is 4.09. The molecule has 3 aromatic heterocycles. The third kappa shape index (κ3) is 4.23. The average molecular weight is 410 g/mol. The number of rotatable bonds is 6. The van der Waals surface area contributed by atoms with Gasteiger partial charge in [-0.25, -0.2) is 4.98 Å². The highest BCUT2D eigenvalue weighted by Gasteiger charge is 2.08. The van der Waals surface area contributed by atoms with Crippen LogP contribution in [0.4, 0.5) is 10.8 Å². The fourth-order valence-corrected chi connectivity index (χ4v) is 4.40. The van der Waals surface area contributed by atoms with Crippen molar-refractivity contribution in [3.05, 3.63) is 75.8 Å². The molecule has 0 unspecified atom stereocenters. The van der Waals surface area contributed by atoms with Crippen LogP contribution in [0, 0.1) is 6.92 Å². The predicted molar refractivity (Wildman–Crippen MR) is 115 cm³/mol. The summed E-state index contributed by atoms with van der Waals surface area (Å²) >= 11 is 3.01. The maximum Gasteiger partial charge on any atom is 0.258 e. The molecule has 0 radical (unpaired) electrons. The molecule has 0 saturated carbocycles. The summed E-state index contributed by atoms with van der Waals surface area (Å²) in [6.07, 6.45) is 2.82. The highest BCUT2D eigenvalue weighted by Crippen LogP contribution is 2.29. The molecule has 0 saturated heterocycles. The molecule has 0 spiro atoms. The van der Waals surface area contributed by atoms with Crippen molar-refractivity contribution in [1.82, 2.24) is 19.6 Å². The Morgan fingerprint density at radius 2 is 1.96 bits per heavy atom. The fraction of sp³-hybridized carbons (Fsp3) is 0.200. The topological polar surface area (TPSA) is 72.2 Å². The Hall–Kier alpha value is -2.71. The normalized spacial score (nSPS) is 11.1. The van der Waals surface area contributed by atoms with Gasteiger partial charge >= 0.3 is 0 Å². The molecule has 0 aliphatic carbocycles. The Balaban J connectivity index is 1.43. The second-order valence-electron chi connectivity index (χ2n) is 6.36. The summed E-state index contributed by atoms with van der Waals surface area (Å²) in [5.74, 6) is 0.569. The quantitative estimate of drug-likeness (QED) is 0.474. The van der Waals surface area contributed by atoms with E-state index in [1.54, 1.807) is 16.7 Å². The van der Waals surface area contributed by atoms with Crippen molar-refractivity contribution in [3.63, 3.8) is 0 Å². The summed E-state index contributed by atoms with van der Waals surface area (Å²) in [5, 5.41) is 12.4. The zero-order valence-electron chi connectivity index (χ0n) is 15.5. The molecule has 3 heterocycles. The molecule has 142 valence electrons. The van der Waals surface area contributed by atoms with Crippen LogP contribution in [0.1, 0.15) is 23.7 Å². The SMILES string of the molecule is CCc1ccc(Nc2nnc(SCc3cc(=O)n4cc(C)ccc4n3)s2)cc1. The molecule has 4 rings (SSSR count). The summed E-state index contributed by atoms with van der Waals surface area (Å²) < 4.78 is 2.40. The monoisotopic (exact) mass is 409 g/mol. The lowest BCUT2D eigenvalue weighted by molar-refractivity contribution is 0.995. The van der Waals surface area contributed by atoms with Crippen LogP contribution in [0.3, 0.4) is 0 Å². The van der Waals surface area contributed by atoms with Crippen molar-refractivity contribution in [1.29, 1.82) is 0 Å². The van der Waals surface area contributed by atoms with Gasteiger partial charge in [0.15, 0.2) is 4.34 Å².